The number of carbonyl (C=O) groups is 1. The molecule has 1 aliphatic carbocycles. The van der Waals surface area contributed by atoms with Crippen LogP contribution < -0.4 is 0 Å². The summed E-state index contributed by atoms with van der Waals surface area (Å²) in [4.78, 5) is 11.8. The monoisotopic (exact) mass is 250 g/mol. The van der Waals surface area contributed by atoms with E-state index in [0.717, 1.165) is 18.9 Å². The van der Waals surface area contributed by atoms with E-state index < -0.39 is 11.6 Å². The summed E-state index contributed by atoms with van der Waals surface area (Å²) in [6, 6.07) is 4.03. The Morgan fingerprint density at radius 3 is 2.89 bits per heavy atom. The maximum absolute atomic E-state index is 13.5. The van der Waals surface area contributed by atoms with Crippen LogP contribution in [-0.2, 0) is 4.79 Å². The van der Waals surface area contributed by atoms with Gasteiger partial charge in [0.1, 0.15) is 0 Å². The third-order valence-electron chi connectivity index (χ3n) is 3.53. The van der Waals surface area contributed by atoms with Crippen LogP contribution in [0.4, 0.5) is 8.78 Å². The number of carbonyl (C=O) groups excluding carboxylic acids is 1. The second-order valence-corrected chi connectivity index (χ2v) is 4.75. The van der Waals surface area contributed by atoms with Crippen molar-refractivity contribution in [2.45, 2.75) is 32.6 Å². The molecule has 0 aliphatic heterocycles. The number of rotatable bonds is 2. The van der Waals surface area contributed by atoms with Gasteiger partial charge in [0.15, 0.2) is 17.4 Å². The van der Waals surface area contributed by atoms with Crippen LogP contribution in [0.1, 0.15) is 38.2 Å². The highest BCUT2D eigenvalue weighted by Gasteiger charge is 2.22. The second-order valence-electron chi connectivity index (χ2n) is 4.75. The molecule has 1 fully saturated rings. The summed E-state index contributed by atoms with van der Waals surface area (Å²) in [6.07, 6.45) is 4.60. The van der Waals surface area contributed by atoms with Crippen LogP contribution in [-0.4, -0.2) is 5.78 Å². The van der Waals surface area contributed by atoms with Crippen molar-refractivity contribution in [2.75, 3.05) is 0 Å². The first-order valence-corrected chi connectivity index (χ1v) is 6.29. The maximum atomic E-state index is 13.5. The van der Waals surface area contributed by atoms with Crippen molar-refractivity contribution in [3.63, 3.8) is 0 Å². The zero-order chi connectivity index (χ0) is 13.1. The number of Topliss-reactive ketones (excluding diaryl/α,β-unsaturated/α-hetero) is 1. The molecule has 0 radical (unpaired) electrons. The van der Waals surface area contributed by atoms with E-state index >= 15 is 0 Å². The number of hydrogen-bond acceptors (Lipinski definition) is 1. The number of ketones is 1. The second kappa shape index (κ2) is 5.42. The molecule has 0 N–H and O–H groups in total. The van der Waals surface area contributed by atoms with Crippen LogP contribution in [0, 0.1) is 17.6 Å². The topological polar surface area (TPSA) is 17.1 Å². The van der Waals surface area contributed by atoms with Crippen LogP contribution in [0.15, 0.2) is 23.8 Å². The van der Waals surface area contributed by atoms with Gasteiger partial charge in [0.05, 0.1) is 0 Å². The smallest absolute Gasteiger partial charge is 0.166 e. The molecular weight excluding hydrogens is 234 g/mol. The Labute approximate surface area is 106 Å². The number of halogens is 2. The Balaban J connectivity index is 2.31. The van der Waals surface area contributed by atoms with Crippen molar-refractivity contribution >= 4 is 11.9 Å². The summed E-state index contributed by atoms with van der Waals surface area (Å²) < 4.78 is 26.6. The Hall–Kier alpha value is -1.51. The molecule has 0 saturated heterocycles. The van der Waals surface area contributed by atoms with Crippen molar-refractivity contribution in [2.24, 2.45) is 5.92 Å². The van der Waals surface area contributed by atoms with E-state index in [1.165, 1.54) is 18.2 Å². The molecule has 0 aromatic heterocycles. The van der Waals surface area contributed by atoms with E-state index in [-0.39, 0.29) is 11.3 Å². The van der Waals surface area contributed by atoms with Crippen LogP contribution in [0.3, 0.4) is 0 Å². The minimum absolute atomic E-state index is 0.0587. The summed E-state index contributed by atoms with van der Waals surface area (Å²) in [5, 5.41) is 0. The van der Waals surface area contributed by atoms with Crippen LogP contribution in [0.2, 0.25) is 0 Å². The van der Waals surface area contributed by atoms with E-state index in [0.29, 0.717) is 24.3 Å². The highest BCUT2D eigenvalue weighted by Crippen LogP contribution is 2.30. The van der Waals surface area contributed by atoms with Gasteiger partial charge in [-0.15, -0.1) is 0 Å². The highest BCUT2D eigenvalue weighted by atomic mass is 19.2. The van der Waals surface area contributed by atoms with E-state index in [4.69, 9.17) is 0 Å². The fraction of sp³-hybridized carbons (Fsp3) is 0.400. The quantitative estimate of drug-likeness (QED) is 0.721. The molecule has 0 amide bonds. The summed E-state index contributed by atoms with van der Waals surface area (Å²) in [5.41, 5.74) is 0.785. The third kappa shape index (κ3) is 2.66. The lowest BCUT2D eigenvalue weighted by atomic mass is 9.82. The van der Waals surface area contributed by atoms with E-state index in [9.17, 15) is 13.6 Å². The first-order chi connectivity index (χ1) is 8.61. The first kappa shape index (κ1) is 12.9. The zero-order valence-corrected chi connectivity index (χ0v) is 10.4. The minimum Gasteiger partial charge on any atom is -0.295 e. The predicted molar refractivity (Wildman–Crippen MR) is 67.0 cm³/mol. The fourth-order valence-electron chi connectivity index (χ4n) is 2.33. The molecule has 1 saturated carbocycles. The molecule has 1 nitrogen and oxygen atoms in total. The summed E-state index contributed by atoms with van der Waals surface area (Å²) in [6.45, 7) is 2.08. The van der Waals surface area contributed by atoms with Gasteiger partial charge >= 0.3 is 0 Å². The minimum atomic E-state index is -0.878. The molecule has 1 atom stereocenters. The molecule has 3 heteroatoms. The average molecular weight is 250 g/mol. The van der Waals surface area contributed by atoms with Crippen LogP contribution in [0.5, 0.6) is 0 Å². The van der Waals surface area contributed by atoms with Crippen molar-refractivity contribution in [3.05, 3.63) is 41.0 Å². The SMILES string of the molecule is CCC1CCC(=O)C(=Cc2cccc(F)c2F)C1. The van der Waals surface area contributed by atoms with Crippen molar-refractivity contribution < 1.29 is 13.6 Å². The van der Waals surface area contributed by atoms with Gasteiger partial charge in [-0.1, -0.05) is 25.5 Å². The largest absolute Gasteiger partial charge is 0.295 e. The molecule has 1 aromatic carbocycles. The lowest BCUT2D eigenvalue weighted by Gasteiger charge is -2.21. The third-order valence-corrected chi connectivity index (χ3v) is 3.53. The molecule has 1 aliphatic rings. The fourth-order valence-corrected chi connectivity index (χ4v) is 2.33. The molecule has 18 heavy (non-hydrogen) atoms. The Kier molecular flexibility index (Phi) is 3.90. The Morgan fingerprint density at radius 1 is 1.39 bits per heavy atom. The molecule has 2 rings (SSSR count). The zero-order valence-electron chi connectivity index (χ0n) is 10.4. The van der Waals surface area contributed by atoms with Gasteiger partial charge in [0, 0.05) is 12.0 Å². The average Bonchev–Trinajstić information content (AvgIpc) is 2.37. The van der Waals surface area contributed by atoms with Gasteiger partial charge < -0.3 is 0 Å². The van der Waals surface area contributed by atoms with Crippen LogP contribution in [0.25, 0.3) is 6.08 Å². The summed E-state index contributed by atoms with van der Waals surface area (Å²) in [7, 11) is 0. The molecule has 96 valence electrons. The Bertz CT molecular complexity index is 491. The summed E-state index contributed by atoms with van der Waals surface area (Å²) in [5.74, 6) is -1.22. The molecule has 1 unspecified atom stereocenters. The van der Waals surface area contributed by atoms with Gasteiger partial charge in [-0.05, 0) is 36.5 Å². The molecule has 1 aromatic rings. The van der Waals surface area contributed by atoms with Crippen molar-refractivity contribution in [1.29, 1.82) is 0 Å². The lowest BCUT2D eigenvalue weighted by molar-refractivity contribution is -0.116. The maximum Gasteiger partial charge on any atom is 0.166 e. The number of benzene rings is 1. The van der Waals surface area contributed by atoms with Gasteiger partial charge in [0.2, 0.25) is 0 Å². The van der Waals surface area contributed by atoms with Gasteiger partial charge in [-0.25, -0.2) is 8.78 Å². The van der Waals surface area contributed by atoms with Gasteiger partial charge in [-0.2, -0.15) is 0 Å². The first-order valence-electron chi connectivity index (χ1n) is 6.29. The Morgan fingerprint density at radius 2 is 2.17 bits per heavy atom. The molecule has 0 spiro atoms. The predicted octanol–water partition coefficient (Wildman–Crippen LogP) is 4.13. The van der Waals surface area contributed by atoms with Gasteiger partial charge in [0.25, 0.3) is 0 Å². The van der Waals surface area contributed by atoms with E-state index in [2.05, 4.69) is 6.92 Å². The molecule has 0 bridgehead atoms. The van der Waals surface area contributed by atoms with Crippen LogP contribution >= 0.6 is 0 Å². The lowest BCUT2D eigenvalue weighted by Crippen LogP contribution is -2.16. The number of allylic oxidation sites excluding steroid dienone is 1. The summed E-state index contributed by atoms with van der Waals surface area (Å²) >= 11 is 0. The normalized spacial score (nSPS) is 22.5. The van der Waals surface area contributed by atoms with E-state index in [1.54, 1.807) is 0 Å². The van der Waals surface area contributed by atoms with Gasteiger partial charge in [-0.3, -0.25) is 4.79 Å². The van der Waals surface area contributed by atoms with Crippen molar-refractivity contribution in [1.82, 2.24) is 0 Å². The van der Waals surface area contributed by atoms with Crippen molar-refractivity contribution in [3.8, 4) is 0 Å². The highest BCUT2D eigenvalue weighted by molar-refractivity contribution is 6.00. The molecule has 0 heterocycles. The van der Waals surface area contributed by atoms with E-state index in [1.807, 2.05) is 0 Å². The standard InChI is InChI=1S/C15H16F2O/c1-2-10-6-7-14(18)12(8-10)9-11-4-3-5-13(16)15(11)17/h3-5,9-10H,2,6-8H2,1H3. The number of hydrogen-bond donors (Lipinski definition) is 0. The molecular formula is C15H16F2O.